The molecule has 3 rings (SSSR count). The van der Waals surface area contributed by atoms with Gasteiger partial charge in [-0.1, -0.05) is 36.8 Å². The minimum absolute atomic E-state index is 0.233. The fourth-order valence-corrected chi connectivity index (χ4v) is 4.88. The molecule has 1 aromatic carbocycles. The Morgan fingerprint density at radius 2 is 1.94 bits per heavy atom. The summed E-state index contributed by atoms with van der Waals surface area (Å²) in [5.74, 6) is 0.514. The lowest BCUT2D eigenvalue weighted by Gasteiger charge is -2.30. The number of ether oxygens (including phenoxy) is 2. The van der Waals surface area contributed by atoms with Crippen LogP contribution in [0.2, 0.25) is 0 Å². The van der Waals surface area contributed by atoms with E-state index in [0.29, 0.717) is 25.0 Å². The van der Waals surface area contributed by atoms with Crippen molar-refractivity contribution in [3.63, 3.8) is 0 Å². The van der Waals surface area contributed by atoms with Gasteiger partial charge >= 0.3 is 6.09 Å². The van der Waals surface area contributed by atoms with E-state index in [-0.39, 0.29) is 6.09 Å². The van der Waals surface area contributed by atoms with Gasteiger partial charge in [-0.25, -0.2) is 4.79 Å². The molecule has 33 heavy (non-hydrogen) atoms. The molecule has 1 aliphatic carbocycles. The van der Waals surface area contributed by atoms with Gasteiger partial charge in [0.05, 0.1) is 12.6 Å². The SMILES string of the molecule is COCC1CCCN1/N=C1\CCCCC1CCCN(Cc1ccccc1)C(=O)OC(C)(C)C. The standard InChI is InChI=1S/C27H43N3O3/c1-27(2,3)33-26(31)29(20-22-12-6-5-7-13-22)18-10-15-23-14-8-9-17-25(23)28-30-19-11-16-24(30)21-32-4/h5-7,12-13,23-24H,8-11,14-21H2,1-4H3/b28-25+. The van der Waals surface area contributed by atoms with Gasteiger partial charge in [0.15, 0.2) is 0 Å². The van der Waals surface area contributed by atoms with E-state index in [2.05, 4.69) is 17.1 Å². The molecule has 1 heterocycles. The molecule has 0 spiro atoms. The third kappa shape index (κ3) is 8.33. The maximum absolute atomic E-state index is 12.9. The smallest absolute Gasteiger partial charge is 0.410 e. The molecule has 1 amide bonds. The van der Waals surface area contributed by atoms with E-state index in [0.717, 1.165) is 38.0 Å². The summed E-state index contributed by atoms with van der Waals surface area (Å²) in [4.78, 5) is 14.8. The fourth-order valence-electron chi connectivity index (χ4n) is 4.88. The third-order valence-corrected chi connectivity index (χ3v) is 6.52. The van der Waals surface area contributed by atoms with Crippen LogP contribution in [-0.2, 0) is 16.0 Å². The minimum Gasteiger partial charge on any atom is -0.444 e. The predicted octanol–water partition coefficient (Wildman–Crippen LogP) is 5.86. The molecule has 2 fully saturated rings. The van der Waals surface area contributed by atoms with Crippen molar-refractivity contribution in [2.75, 3.05) is 26.8 Å². The average molecular weight is 458 g/mol. The van der Waals surface area contributed by atoms with Crippen LogP contribution in [-0.4, -0.2) is 60.2 Å². The van der Waals surface area contributed by atoms with E-state index in [1.165, 1.54) is 37.8 Å². The molecule has 0 N–H and O–H groups in total. The molecule has 1 saturated carbocycles. The van der Waals surface area contributed by atoms with Crippen LogP contribution in [0.25, 0.3) is 0 Å². The summed E-state index contributed by atoms with van der Waals surface area (Å²) in [7, 11) is 1.78. The number of hydrogen-bond acceptors (Lipinski definition) is 5. The highest BCUT2D eigenvalue weighted by Crippen LogP contribution is 2.28. The van der Waals surface area contributed by atoms with Crippen molar-refractivity contribution in [1.29, 1.82) is 0 Å². The Balaban J connectivity index is 1.60. The van der Waals surface area contributed by atoms with Crippen LogP contribution in [0.4, 0.5) is 4.79 Å². The highest BCUT2D eigenvalue weighted by Gasteiger charge is 2.27. The number of carbonyl (C=O) groups excluding carboxylic acids is 1. The number of amides is 1. The first-order valence-corrected chi connectivity index (χ1v) is 12.7. The zero-order valence-electron chi connectivity index (χ0n) is 21.1. The van der Waals surface area contributed by atoms with Crippen molar-refractivity contribution in [3.8, 4) is 0 Å². The number of hydrazone groups is 1. The number of rotatable bonds is 9. The first-order chi connectivity index (χ1) is 15.9. The monoisotopic (exact) mass is 457 g/mol. The van der Waals surface area contributed by atoms with Crippen LogP contribution in [0.3, 0.4) is 0 Å². The predicted molar refractivity (Wildman–Crippen MR) is 133 cm³/mol. The van der Waals surface area contributed by atoms with Gasteiger partial charge in [0.1, 0.15) is 5.60 Å². The van der Waals surface area contributed by atoms with Gasteiger partial charge in [0.2, 0.25) is 0 Å². The molecule has 0 radical (unpaired) electrons. The molecule has 1 aliphatic heterocycles. The summed E-state index contributed by atoms with van der Waals surface area (Å²) in [6.45, 7) is 8.83. The van der Waals surface area contributed by atoms with E-state index in [9.17, 15) is 4.79 Å². The van der Waals surface area contributed by atoms with Crippen molar-refractivity contribution in [2.45, 2.75) is 90.3 Å². The zero-order valence-corrected chi connectivity index (χ0v) is 21.1. The second-order valence-electron chi connectivity index (χ2n) is 10.5. The Morgan fingerprint density at radius 3 is 2.67 bits per heavy atom. The lowest BCUT2D eigenvalue weighted by molar-refractivity contribution is 0.0229. The average Bonchev–Trinajstić information content (AvgIpc) is 3.20. The van der Waals surface area contributed by atoms with Crippen LogP contribution < -0.4 is 0 Å². The van der Waals surface area contributed by atoms with Crippen LogP contribution in [0.5, 0.6) is 0 Å². The maximum atomic E-state index is 12.9. The molecular weight excluding hydrogens is 414 g/mol. The van der Waals surface area contributed by atoms with Gasteiger partial charge in [-0.3, -0.25) is 5.01 Å². The molecule has 1 aromatic rings. The number of benzene rings is 1. The quantitative estimate of drug-likeness (QED) is 0.466. The van der Waals surface area contributed by atoms with Gasteiger partial charge in [0, 0.05) is 32.5 Å². The molecule has 0 aromatic heterocycles. The third-order valence-electron chi connectivity index (χ3n) is 6.52. The largest absolute Gasteiger partial charge is 0.444 e. The van der Waals surface area contributed by atoms with Crippen LogP contribution in [0, 0.1) is 5.92 Å². The first kappa shape index (κ1) is 25.5. The number of methoxy groups -OCH3 is 1. The van der Waals surface area contributed by atoms with Crippen molar-refractivity contribution in [3.05, 3.63) is 35.9 Å². The Labute approximate surface area is 200 Å². The van der Waals surface area contributed by atoms with Crippen molar-refractivity contribution in [1.82, 2.24) is 9.91 Å². The number of hydrogen-bond donors (Lipinski definition) is 0. The highest BCUT2D eigenvalue weighted by atomic mass is 16.6. The molecule has 2 atom stereocenters. The van der Waals surface area contributed by atoms with E-state index in [1.54, 1.807) is 7.11 Å². The molecule has 0 bridgehead atoms. The van der Waals surface area contributed by atoms with Crippen LogP contribution in [0.1, 0.15) is 77.7 Å². The Hall–Kier alpha value is -2.08. The van der Waals surface area contributed by atoms with Crippen LogP contribution >= 0.6 is 0 Å². The molecule has 184 valence electrons. The molecule has 2 unspecified atom stereocenters. The van der Waals surface area contributed by atoms with Gasteiger partial charge < -0.3 is 14.4 Å². The molecule has 6 heteroatoms. The Bertz CT molecular complexity index is 760. The van der Waals surface area contributed by atoms with Gasteiger partial charge in [-0.05, 0) is 77.2 Å². The first-order valence-electron chi connectivity index (χ1n) is 12.7. The summed E-state index contributed by atoms with van der Waals surface area (Å²) in [6.07, 6.45) is 8.95. The maximum Gasteiger partial charge on any atom is 0.410 e. The van der Waals surface area contributed by atoms with Gasteiger partial charge in [-0.15, -0.1) is 0 Å². The molecule has 1 saturated heterocycles. The van der Waals surface area contributed by atoms with Crippen LogP contribution in [0.15, 0.2) is 35.4 Å². The highest BCUT2D eigenvalue weighted by molar-refractivity contribution is 5.87. The summed E-state index contributed by atoms with van der Waals surface area (Å²) < 4.78 is 11.1. The van der Waals surface area contributed by atoms with Gasteiger partial charge in [0.25, 0.3) is 0 Å². The topological polar surface area (TPSA) is 54.4 Å². The molecule has 2 aliphatic rings. The Morgan fingerprint density at radius 1 is 1.15 bits per heavy atom. The fraction of sp³-hybridized carbons (Fsp3) is 0.704. The van der Waals surface area contributed by atoms with Crippen molar-refractivity contribution < 1.29 is 14.3 Å². The number of carbonyl (C=O) groups is 1. The van der Waals surface area contributed by atoms with E-state index in [4.69, 9.17) is 14.6 Å². The van der Waals surface area contributed by atoms with Crippen molar-refractivity contribution >= 4 is 11.8 Å². The summed E-state index contributed by atoms with van der Waals surface area (Å²) in [5.41, 5.74) is 1.99. The van der Waals surface area contributed by atoms with E-state index < -0.39 is 5.60 Å². The summed E-state index contributed by atoms with van der Waals surface area (Å²) in [6, 6.07) is 10.6. The van der Waals surface area contributed by atoms with Gasteiger partial charge in [-0.2, -0.15) is 5.10 Å². The summed E-state index contributed by atoms with van der Waals surface area (Å²) >= 11 is 0. The van der Waals surface area contributed by atoms with E-state index in [1.807, 2.05) is 43.9 Å². The summed E-state index contributed by atoms with van der Waals surface area (Å²) in [5, 5.41) is 7.41. The second-order valence-corrected chi connectivity index (χ2v) is 10.5. The molecule has 6 nitrogen and oxygen atoms in total. The second kappa shape index (κ2) is 12.4. The lowest BCUT2D eigenvalue weighted by atomic mass is 9.84. The Kier molecular flexibility index (Phi) is 9.60. The lowest BCUT2D eigenvalue weighted by Crippen LogP contribution is -2.37. The normalized spacial score (nSPS) is 22.5. The van der Waals surface area contributed by atoms with E-state index >= 15 is 0 Å². The molecular formula is C27H43N3O3. The minimum atomic E-state index is -0.496. The number of nitrogens with zero attached hydrogens (tertiary/aromatic N) is 3. The van der Waals surface area contributed by atoms with Crippen molar-refractivity contribution in [2.24, 2.45) is 11.0 Å². The zero-order chi connectivity index (χ0) is 23.7.